The van der Waals surface area contributed by atoms with E-state index >= 15 is 0 Å². The summed E-state index contributed by atoms with van der Waals surface area (Å²) in [7, 11) is 1.54. The van der Waals surface area contributed by atoms with Crippen LogP contribution in [0.1, 0.15) is 17.3 Å². The summed E-state index contributed by atoms with van der Waals surface area (Å²) in [6.07, 6.45) is 0.972. The molecule has 0 bridgehead atoms. The van der Waals surface area contributed by atoms with Crippen LogP contribution < -0.4 is 10.6 Å². The number of rotatable bonds is 2. The van der Waals surface area contributed by atoms with Gasteiger partial charge in [-0.1, -0.05) is 0 Å². The maximum atomic E-state index is 13.3. The van der Waals surface area contributed by atoms with Crippen molar-refractivity contribution in [3.63, 3.8) is 0 Å². The Hall–Kier alpha value is -2.51. The second-order valence-electron chi connectivity index (χ2n) is 4.32. The van der Waals surface area contributed by atoms with Crippen LogP contribution in [0.4, 0.5) is 10.2 Å². The molecule has 2 N–H and O–H groups in total. The van der Waals surface area contributed by atoms with Crippen molar-refractivity contribution in [1.82, 2.24) is 15.2 Å². The van der Waals surface area contributed by atoms with E-state index in [1.54, 1.807) is 0 Å². The number of nitrogens with zero attached hydrogens (tertiary/aromatic N) is 2. The molecular formula is C12H13FN4O3. The third-order valence-electron chi connectivity index (χ3n) is 3.01. The van der Waals surface area contributed by atoms with E-state index in [9.17, 15) is 18.8 Å². The summed E-state index contributed by atoms with van der Waals surface area (Å²) in [5.41, 5.74) is -0.0261. The van der Waals surface area contributed by atoms with Gasteiger partial charge in [0.2, 0.25) is 11.8 Å². The summed E-state index contributed by atoms with van der Waals surface area (Å²) >= 11 is 0. The topological polar surface area (TPSA) is 91.4 Å². The van der Waals surface area contributed by atoms with Gasteiger partial charge in [0, 0.05) is 7.05 Å². The third-order valence-corrected chi connectivity index (χ3v) is 3.01. The molecule has 3 amide bonds. The van der Waals surface area contributed by atoms with Gasteiger partial charge in [-0.05, 0) is 13.0 Å². The van der Waals surface area contributed by atoms with Crippen molar-refractivity contribution in [3.8, 4) is 0 Å². The van der Waals surface area contributed by atoms with Crippen LogP contribution in [0.5, 0.6) is 0 Å². The number of hydrogen-bond donors (Lipinski definition) is 2. The van der Waals surface area contributed by atoms with Crippen LogP contribution in [-0.4, -0.2) is 47.2 Å². The molecule has 7 nitrogen and oxygen atoms in total. The van der Waals surface area contributed by atoms with Crippen molar-refractivity contribution in [3.05, 3.63) is 23.6 Å². The molecule has 2 heterocycles. The van der Waals surface area contributed by atoms with Gasteiger partial charge >= 0.3 is 0 Å². The summed E-state index contributed by atoms with van der Waals surface area (Å²) in [5, 5.41) is 4.80. The second-order valence-corrected chi connectivity index (χ2v) is 4.32. The predicted octanol–water partition coefficient (Wildman–Crippen LogP) is -0.251. The van der Waals surface area contributed by atoms with Crippen LogP contribution in [0.3, 0.4) is 0 Å². The number of piperazine rings is 1. The number of aromatic nitrogens is 1. The zero-order chi connectivity index (χ0) is 14.9. The molecular weight excluding hydrogens is 267 g/mol. The maximum Gasteiger partial charge on any atom is 0.258 e. The normalized spacial score (nSPS) is 18.8. The highest BCUT2D eigenvalue weighted by Gasteiger charge is 2.35. The highest BCUT2D eigenvalue weighted by molar-refractivity contribution is 6.08. The van der Waals surface area contributed by atoms with Crippen LogP contribution in [0.2, 0.25) is 0 Å². The van der Waals surface area contributed by atoms with E-state index in [1.165, 1.54) is 14.0 Å². The summed E-state index contributed by atoms with van der Waals surface area (Å²) in [5.74, 6) is -2.26. The Bertz CT molecular complexity index is 590. The third kappa shape index (κ3) is 2.44. The molecule has 0 aromatic carbocycles. The van der Waals surface area contributed by atoms with E-state index < -0.39 is 29.6 Å². The SMILES string of the molecule is CNc1ncc(F)cc1C(=O)N1CC(=O)NC(=O)C1C. The second kappa shape index (κ2) is 5.24. The fraction of sp³-hybridized carbons (Fsp3) is 0.333. The summed E-state index contributed by atoms with van der Waals surface area (Å²) in [6, 6.07) is 0.207. The molecule has 1 saturated heterocycles. The fourth-order valence-electron chi connectivity index (χ4n) is 1.92. The number of amides is 3. The van der Waals surface area contributed by atoms with Crippen molar-refractivity contribution in [2.45, 2.75) is 13.0 Å². The quantitative estimate of drug-likeness (QED) is 0.729. The Labute approximate surface area is 114 Å². The summed E-state index contributed by atoms with van der Waals surface area (Å²) < 4.78 is 13.3. The predicted molar refractivity (Wildman–Crippen MR) is 67.4 cm³/mol. The highest BCUT2D eigenvalue weighted by Crippen LogP contribution is 2.18. The Morgan fingerprint density at radius 2 is 2.25 bits per heavy atom. The number of nitrogens with one attached hydrogen (secondary N) is 2. The number of pyridine rings is 1. The van der Waals surface area contributed by atoms with Crippen molar-refractivity contribution >= 4 is 23.5 Å². The summed E-state index contributed by atoms with van der Waals surface area (Å²) in [4.78, 5) is 40.1. The largest absolute Gasteiger partial charge is 0.372 e. The Morgan fingerprint density at radius 1 is 1.55 bits per heavy atom. The maximum absolute atomic E-state index is 13.3. The first kappa shape index (κ1) is 13.9. The molecule has 106 valence electrons. The van der Waals surface area contributed by atoms with Crippen LogP contribution in [-0.2, 0) is 9.59 Å². The molecule has 20 heavy (non-hydrogen) atoms. The monoisotopic (exact) mass is 280 g/mol. The minimum Gasteiger partial charge on any atom is -0.372 e. The van der Waals surface area contributed by atoms with Gasteiger partial charge in [0.15, 0.2) is 0 Å². The van der Waals surface area contributed by atoms with E-state index in [-0.39, 0.29) is 17.9 Å². The summed E-state index contributed by atoms with van der Waals surface area (Å²) in [6.45, 7) is 1.23. The molecule has 0 radical (unpaired) electrons. The lowest BCUT2D eigenvalue weighted by molar-refractivity contribution is -0.138. The van der Waals surface area contributed by atoms with Gasteiger partial charge in [0.1, 0.15) is 24.2 Å². The van der Waals surface area contributed by atoms with E-state index in [0.29, 0.717) is 0 Å². The van der Waals surface area contributed by atoms with E-state index in [0.717, 1.165) is 17.2 Å². The first-order valence-corrected chi connectivity index (χ1v) is 5.92. The average Bonchev–Trinajstić information content (AvgIpc) is 2.42. The first-order valence-electron chi connectivity index (χ1n) is 5.92. The standard InChI is InChI=1S/C12H13FN4O3/c1-6-11(19)16-9(18)5-17(6)12(20)8-3-7(13)4-15-10(8)14-2/h3-4,6H,5H2,1-2H3,(H,14,15)(H,16,18,19). The number of imide groups is 1. The van der Waals surface area contributed by atoms with E-state index in [4.69, 9.17) is 0 Å². The lowest BCUT2D eigenvalue weighted by Gasteiger charge is -2.31. The number of anilines is 1. The molecule has 1 atom stereocenters. The highest BCUT2D eigenvalue weighted by atomic mass is 19.1. The average molecular weight is 280 g/mol. The van der Waals surface area contributed by atoms with E-state index in [1.807, 2.05) is 0 Å². The lowest BCUT2D eigenvalue weighted by Crippen LogP contribution is -2.58. The molecule has 1 fully saturated rings. The number of hydrogen-bond acceptors (Lipinski definition) is 5. The lowest BCUT2D eigenvalue weighted by atomic mass is 10.1. The molecule has 1 aromatic rings. The van der Waals surface area contributed by atoms with Crippen LogP contribution in [0.25, 0.3) is 0 Å². The number of carbonyl (C=O) groups excluding carboxylic acids is 3. The first-order chi connectivity index (χ1) is 9.43. The molecule has 1 aromatic heterocycles. The minimum absolute atomic E-state index is 0.0261. The molecule has 1 aliphatic heterocycles. The van der Waals surface area contributed by atoms with Crippen LogP contribution in [0.15, 0.2) is 12.3 Å². The minimum atomic E-state index is -0.812. The molecule has 0 aliphatic carbocycles. The van der Waals surface area contributed by atoms with Crippen molar-refractivity contribution < 1.29 is 18.8 Å². The molecule has 1 unspecified atom stereocenters. The molecule has 8 heteroatoms. The van der Waals surface area contributed by atoms with Gasteiger partial charge in [0.25, 0.3) is 5.91 Å². The van der Waals surface area contributed by atoms with E-state index in [2.05, 4.69) is 15.6 Å². The van der Waals surface area contributed by atoms with Gasteiger partial charge in [0.05, 0.1) is 11.8 Å². The van der Waals surface area contributed by atoms with Crippen LogP contribution >= 0.6 is 0 Å². The molecule has 2 rings (SSSR count). The Kier molecular flexibility index (Phi) is 3.64. The molecule has 0 spiro atoms. The van der Waals surface area contributed by atoms with Gasteiger partial charge in [-0.15, -0.1) is 0 Å². The van der Waals surface area contributed by atoms with Gasteiger partial charge < -0.3 is 10.2 Å². The zero-order valence-corrected chi connectivity index (χ0v) is 10.9. The van der Waals surface area contributed by atoms with Crippen molar-refractivity contribution in [2.24, 2.45) is 0 Å². The number of carbonyl (C=O) groups is 3. The zero-order valence-electron chi connectivity index (χ0n) is 10.9. The van der Waals surface area contributed by atoms with Crippen molar-refractivity contribution in [1.29, 1.82) is 0 Å². The number of halogens is 1. The Balaban J connectivity index is 2.37. The smallest absolute Gasteiger partial charge is 0.258 e. The van der Waals surface area contributed by atoms with Crippen LogP contribution in [0, 0.1) is 5.82 Å². The van der Waals surface area contributed by atoms with Gasteiger partial charge in [-0.2, -0.15) is 0 Å². The van der Waals surface area contributed by atoms with Crippen molar-refractivity contribution in [2.75, 3.05) is 18.9 Å². The fourth-order valence-corrected chi connectivity index (χ4v) is 1.92. The molecule has 0 saturated carbocycles. The Morgan fingerprint density at radius 3 is 2.90 bits per heavy atom. The molecule has 1 aliphatic rings. The van der Waals surface area contributed by atoms with Gasteiger partial charge in [-0.3, -0.25) is 19.7 Å². The van der Waals surface area contributed by atoms with Gasteiger partial charge in [-0.25, -0.2) is 9.37 Å².